The highest BCUT2D eigenvalue weighted by atomic mass is 35.5. The molecule has 31 heavy (non-hydrogen) atoms. The quantitative estimate of drug-likeness (QED) is 0.386. The summed E-state index contributed by atoms with van der Waals surface area (Å²) in [4.78, 5) is 14.9. The van der Waals surface area contributed by atoms with Gasteiger partial charge < -0.3 is 9.32 Å². The molecule has 1 amide bonds. The summed E-state index contributed by atoms with van der Waals surface area (Å²) in [5.41, 5.74) is 8.06. The van der Waals surface area contributed by atoms with Gasteiger partial charge in [-0.05, 0) is 93.1 Å². The number of nitrogens with zero attached hydrogens (tertiary/aromatic N) is 2. The molecule has 2 heterocycles. The van der Waals surface area contributed by atoms with Crippen molar-refractivity contribution in [1.29, 1.82) is 0 Å². The van der Waals surface area contributed by atoms with Gasteiger partial charge in [0.2, 0.25) is 0 Å². The zero-order valence-electron chi connectivity index (χ0n) is 18.6. The second-order valence-corrected chi connectivity index (χ2v) is 9.36. The van der Waals surface area contributed by atoms with E-state index < -0.39 is 5.91 Å². The van der Waals surface area contributed by atoms with Crippen molar-refractivity contribution in [2.24, 2.45) is 5.10 Å². The van der Waals surface area contributed by atoms with Crippen molar-refractivity contribution in [2.45, 2.75) is 52.5 Å². The number of amides is 1. The molecule has 162 valence electrons. The summed E-state index contributed by atoms with van der Waals surface area (Å²) in [6, 6.07) is 11.3. The maximum absolute atomic E-state index is 12.5. The van der Waals surface area contributed by atoms with Crippen LogP contribution >= 0.6 is 11.6 Å². The van der Waals surface area contributed by atoms with Gasteiger partial charge in [-0.2, -0.15) is 5.10 Å². The number of benzene rings is 2. The van der Waals surface area contributed by atoms with Crippen LogP contribution in [0.15, 0.2) is 45.9 Å². The van der Waals surface area contributed by atoms with Gasteiger partial charge in [-0.3, -0.25) is 4.79 Å². The lowest BCUT2D eigenvalue weighted by atomic mass is 9.79. The number of anilines is 1. The summed E-state index contributed by atoms with van der Waals surface area (Å²) < 4.78 is 5.59. The van der Waals surface area contributed by atoms with E-state index >= 15 is 0 Å². The lowest BCUT2D eigenvalue weighted by Crippen LogP contribution is -2.48. The second kappa shape index (κ2) is 8.04. The fourth-order valence-electron chi connectivity index (χ4n) is 4.73. The highest BCUT2D eigenvalue weighted by molar-refractivity contribution is 6.31. The first kappa shape index (κ1) is 21.4. The van der Waals surface area contributed by atoms with Crippen molar-refractivity contribution in [1.82, 2.24) is 5.43 Å². The number of halogens is 1. The van der Waals surface area contributed by atoms with Crippen LogP contribution in [0.1, 0.15) is 67.3 Å². The van der Waals surface area contributed by atoms with E-state index in [1.165, 1.54) is 11.3 Å². The van der Waals surface area contributed by atoms with Crippen LogP contribution in [-0.2, 0) is 0 Å². The van der Waals surface area contributed by atoms with Gasteiger partial charge in [0.15, 0.2) is 5.76 Å². The van der Waals surface area contributed by atoms with E-state index in [4.69, 9.17) is 16.0 Å². The fraction of sp³-hybridized carbons (Fsp3) is 0.360. The molecular weight excluding hydrogens is 410 g/mol. The highest BCUT2D eigenvalue weighted by Gasteiger charge is 2.35. The number of rotatable bonds is 4. The number of furan rings is 1. The third-order valence-corrected chi connectivity index (χ3v) is 6.40. The van der Waals surface area contributed by atoms with Crippen LogP contribution in [0.5, 0.6) is 0 Å². The minimum absolute atomic E-state index is 0.133. The minimum Gasteiger partial charge on any atom is -0.451 e. The molecule has 4 rings (SSSR count). The third-order valence-electron chi connectivity index (χ3n) is 6.16. The van der Waals surface area contributed by atoms with Gasteiger partial charge in [0.05, 0.1) is 6.21 Å². The molecule has 1 aromatic heterocycles. The smallest absolute Gasteiger partial charge is 0.307 e. The molecule has 0 radical (unpaired) electrons. The predicted molar refractivity (Wildman–Crippen MR) is 128 cm³/mol. The topological polar surface area (TPSA) is 57.8 Å². The van der Waals surface area contributed by atoms with Gasteiger partial charge in [-0.25, -0.2) is 5.43 Å². The molecule has 0 fully saturated rings. The zero-order chi connectivity index (χ0) is 22.3. The lowest BCUT2D eigenvalue weighted by molar-refractivity contribution is 0.0929. The van der Waals surface area contributed by atoms with Crippen LogP contribution in [0, 0.1) is 6.92 Å². The fourth-order valence-corrected chi connectivity index (χ4v) is 4.91. The molecule has 6 heteroatoms. The Labute approximate surface area is 188 Å². The van der Waals surface area contributed by atoms with Crippen molar-refractivity contribution >= 4 is 40.4 Å². The number of carbonyl (C=O) groups excluding carboxylic acids is 1. The first-order chi connectivity index (χ1) is 14.7. The second-order valence-electron chi connectivity index (χ2n) is 8.92. The summed E-state index contributed by atoms with van der Waals surface area (Å²) >= 11 is 6.00. The van der Waals surface area contributed by atoms with E-state index in [0.29, 0.717) is 16.5 Å². The van der Waals surface area contributed by atoms with Crippen LogP contribution in [0.25, 0.3) is 11.0 Å². The van der Waals surface area contributed by atoms with E-state index in [2.05, 4.69) is 62.2 Å². The van der Waals surface area contributed by atoms with Crippen LogP contribution in [0.4, 0.5) is 5.69 Å². The Balaban J connectivity index is 1.55. The number of nitrogens with one attached hydrogen (secondary N) is 1. The Kier molecular flexibility index (Phi) is 5.56. The molecule has 0 unspecified atom stereocenters. The molecule has 0 saturated heterocycles. The number of aryl methyl sites for hydroxylation is 1. The van der Waals surface area contributed by atoms with Crippen LogP contribution < -0.4 is 10.3 Å². The Hall–Kier alpha value is -2.79. The summed E-state index contributed by atoms with van der Waals surface area (Å²) in [5, 5.41) is 5.56. The molecule has 1 atom stereocenters. The van der Waals surface area contributed by atoms with Gasteiger partial charge in [0.25, 0.3) is 0 Å². The normalized spacial score (nSPS) is 17.9. The summed E-state index contributed by atoms with van der Waals surface area (Å²) in [7, 11) is 0. The predicted octanol–water partition coefficient (Wildman–Crippen LogP) is 6.27. The number of fused-ring (bicyclic) bond motifs is 2. The van der Waals surface area contributed by atoms with Gasteiger partial charge in [0, 0.05) is 28.2 Å². The summed E-state index contributed by atoms with van der Waals surface area (Å²) in [6.07, 6.45) is 2.80. The van der Waals surface area contributed by atoms with E-state index in [9.17, 15) is 4.79 Å². The van der Waals surface area contributed by atoms with Crippen LogP contribution in [0.2, 0.25) is 5.02 Å². The van der Waals surface area contributed by atoms with Crippen molar-refractivity contribution in [3.05, 3.63) is 63.9 Å². The third kappa shape index (κ3) is 4.07. The van der Waals surface area contributed by atoms with Gasteiger partial charge in [-0.15, -0.1) is 0 Å². The first-order valence-corrected chi connectivity index (χ1v) is 11.0. The summed E-state index contributed by atoms with van der Waals surface area (Å²) in [6.45, 7) is 12.1. The van der Waals surface area contributed by atoms with E-state index in [1.54, 1.807) is 30.5 Å². The zero-order valence-corrected chi connectivity index (χ0v) is 19.4. The molecule has 1 aliphatic heterocycles. The van der Waals surface area contributed by atoms with E-state index in [-0.39, 0.29) is 11.3 Å². The average molecular weight is 438 g/mol. The SMILES string of the molecule is CCN1c2cc(C)c(/C=N\NC(=O)c3cc4cc(Cl)ccc4o3)cc2[C@H](C)CC1(C)C. The molecule has 0 aliphatic carbocycles. The Morgan fingerprint density at radius 2 is 2.10 bits per heavy atom. The molecule has 3 aromatic rings. The Morgan fingerprint density at radius 1 is 1.32 bits per heavy atom. The molecule has 0 spiro atoms. The molecular formula is C25H28ClN3O2. The molecule has 5 nitrogen and oxygen atoms in total. The number of hydrazone groups is 1. The molecule has 0 bridgehead atoms. The molecule has 0 saturated carbocycles. The number of hydrogen-bond donors (Lipinski definition) is 1. The van der Waals surface area contributed by atoms with Gasteiger partial charge in [0.1, 0.15) is 5.58 Å². The number of hydrogen-bond acceptors (Lipinski definition) is 4. The Morgan fingerprint density at radius 3 is 2.84 bits per heavy atom. The maximum atomic E-state index is 12.5. The standard InChI is InChI=1S/C25H28ClN3O2/c1-6-29-21-9-15(2)18(11-20(21)16(3)13-25(29,4)5)14-27-28-24(30)23-12-17-10-19(26)7-8-22(17)31-23/h7-12,14,16H,6,13H2,1-5H3,(H,28,30)/b27-14-/t16-/m1/s1. The van der Waals surface area contributed by atoms with Crippen molar-refractivity contribution in [3.8, 4) is 0 Å². The maximum Gasteiger partial charge on any atom is 0.307 e. The monoisotopic (exact) mass is 437 g/mol. The average Bonchev–Trinajstić information content (AvgIpc) is 3.11. The van der Waals surface area contributed by atoms with Crippen molar-refractivity contribution in [2.75, 3.05) is 11.4 Å². The van der Waals surface area contributed by atoms with E-state index in [0.717, 1.165) is 29.5 Å². The van der Waals surface area contributed by atoms with Crippen molar-refractivity contribution < 1.29 is 9.21 Å². The van der Waals surface area contributed by atoms with Gasteiger partial charge >= 0.3 is 5.91 Å². The molecule has 1 aliphatic rings. The number of carbonyl (C=O) groups is 1. The highest BCUT2D eigenvalue weighted by Crippen LogP contribution is 2.44. The Bertz CT molecular complexity index is 1180. The van der Waals surface area contributed by atoms with Crippen LogP contribution in [0.3, 0.4) is 0 Å². The van der Waals surface area contributed by atoms with Gasteiger partial charge in [-0.1, -0.05) is 18.5 Å². The summed E-state index contributed by atoms with van der Waals surface area (Å²) in [5.74, 6) is 0.259. The lowest BCUT2D eigenvalue weighted by Gasteiger charge is -2.47. The molecule has 1 N–H and O–H groups in total. The molecule has 2 aromatic carbocycles. The van der Waals surface area contributed by atoms with Crippen LogP contribution in [-0.4, -0.2) is 24.2 Å². The van der Waals surface area contributed by atoms with Crippen molar-refractivity contribution in [3.63, 3.8) is 0 Å². The van der Waals surface area contributed by atoms with E-state index in [1.807, 2.05) is 0 Å². The minimum atomic E-state index is -0.397. The first-order valence-electron chi connectivity index (χ1n) is 10.6. The largest absolute Gasteiger partial charge is 0.451 e.